The summed E-state index contributed by atoms with van der Waals surface area (Å²) < 4.78 is 47.7. The first kappa shape index (κ1) is 20.1. The molecule has 26 heavy (non-hydrogen) atoms. The van der Waals surface area contributed by atoms with Crippen LogP contribution in [0.5, 0.6) is 5.88 Å². The van der Waals surface area contributed by atoms with Crippen molar-refractivity contribution in [2.75, 3.05) is 13.4 Å². The molecule has 2 aromatic rings. The molecule has 0 saturated heterocycles. The SMILES string of the molecule is COC(=O)C(C)(C)Oc1cc(S(C)(=O)=O)nc(-c2ccc(Cl)c(F)c2)n1. The average Bonchev–Trinajstić information content (AvgIpc) is 2.55. The van der Waals surface area contributed by atoms with Crippen molar-refractivity contribution in [1.29, 1.82) is 0 Å². The summed E-state index contributed by atoms with van der Waals surface area (Å²) in [6.07, 6.45) is 0.955. The first-order chi connectivity index (χ1) is 11.9. The summed E-state index contributed by atoms with van der Waals surface area (Å²) in [6.45, 7) is 2.87. The van der Waals surface area contributed by atoms with Crippen LogP contribution in [0.25, 0.3) is 11.4 Å². The summed E-state index contributed by atoms with van der Waals surface area (Å²) in [5.41, 5.74) is -1.24. The van der Waals surface area contributed by atoms with E-state index >= 15 is 0 Å². The number of benzene rings is 1. The lowest BCUT2D eigenvalue weighted by Gasteiger charge is -2.23. The first-order valence-electron chi connectivity index (χ1n) is 7.26. The zero-order chi connectivity index (χ0) is 19.7. The van der Waals surface area contributed by atoms with Crippen molar-refractivity contribution in [1.82, 2.24) is 9.97 Å². The van der Waals surface area contributed by atoms with E-state index in [1.54, 1.807) is 0 Å². The summed E-state index contributed by atoms with van der Waals surface area (Å²) in [4.78, 5) is 19.8. The normalized spacial score (nSPS) is 11.9. The van der Waals surface area contributed by atoms with Gasteiger partial charge in [-0.3, -0.25) is 0 Å². The summed E-state index contributed by atoms with van der Waals surface area (Å²) >= 11 is 5.65. The van der Waals surface area contributed by atoms with Crippen LogP contribution in [0.15, 0.2) is 29.3 Å². The Hall–Kier alpha value is -2.26. The molecule has 10 heteroatoms. The van der Waals surface area contributed by atoms with E-state index in [1.807, 2.05) is 0 Å². The summed E-state index contributed by atoms with van der Waals surface area (Å²) in [5, 5.41) is -0.440. The first-order valence-corrected chi connectivity index (χ1v) is 9.53. The Labute approximate surface area is 155 Å². The summed E-state index contributed by atoms with van der Waals surface area (Å²) in [6, 6.07) is 4.87. The monoisotopic (exact) mass is 402 g/mol. The van der Waals surface area contributed by atoms with Gasteiger partial charge in [-0.1, -0.05) is 11.6 Å². The van der Waals surface area contributed by atoms with Gasteiger partial charge in [-0.25, -0.2) is 22.6 Å². The van der Waals surface area contributed by atoms with Gasteiger partial charge in [0, 0.05) is 17.9 Å². The zero-order valence-corrected chi connectivity index (χ0v) is 16.0. The predicted octanol–water partition coefficient (Wildman–Crippen LogP) is 2.67. The van der Waals surface area contributed by atoms with Gasteiger partial charge < -0.3 is 9.47 Å². The maximum Gasteiger partial charge on any atom is 0.349 e. The lowest BCUT2D eigenvalue weighted by atomic mass is 10.1. The lowest BCUT2D eigenvalue weighted by Crippen LogP contribution is -2.39. The molecule has 1 aromatic heterocycles. The maximum atomic E-state index is 13.7. The van der Waals surface area contributed by atoms with Gasteiger partial charge in [0.15, 0.2) is 20.7 Å². The minimum absolute atomic E-state index is 0.0980. The number of carbonyl (C=O) groups excluding carboxylic acids is 1. The number of halogens is 2. The van der Waals surface area contributed by atoms with Crippen LogP contribution in [0.4, 0.5) is 4.39 Å². The highest BCUT2D eigenvalue weighted by atomic mass is 35.5. The number of ether oxygens (including phenoxy) is 2. The van der Waals surface area contributed by atoms with E-state index in [9.17, 15) is 17.6 Å². The molecule has 0 N–H and O–H groups in total. The van der Waals surface area contributed by atoms with Crippen LogP contribution in [0, 0.1) is 5.82 Å². The highest BCUT2D eigenvalue weighted by Gasteiger charge is 2.32. The number of nitrogens with zero attached hydrogens (tertiary/aromatic N) is 2. The van der Waals surface area contributed by atoms with Gasteiger partial charge in [-0.2, -0.15) is 4.98 Å². The van der Waals surface area contributed by atoms with E-state index in [4.69, 9.17) is 16.3 Å². The smallest absolute Gasteiger partial charge is 0.349 e. The van der Waals surface area contributed by atoms with Crippen LogP contribution in [0.2, 0.25) is 5.02 Å². The topological polar surface area (TPSA) is 95.5 Å². The van der Waals surface area contributed by atoms with Gasteiger partial charge in [0.05, 0.1) is 12.1 Å². The Morgan fingerprint density at radius 3 is 2.42 bits per heavy atom. The number of methoxy groups -OCH3 is 1. The van der Waals surface area contributed by atoms with Crippen LogP contribution < -0.4 is 4.74 Å². The predicted molar refractivity (Wildman–Crippen MR) is 92.3 cm³/mol. The van der Waals surface area contributed by atoms with Gasteiger partial charge >= 0.3 is 5.97 Å². The average molecular weight is 403 g/mol. The number of carbonyl (C=O) groups is 1. The van der Waals surface area contributed by atoms with Gasteiger partial charge in [-0.15, -0.1) is 0 Å². The molecule has 0 unspecified atom stereocenters. The number of hydrogen-bond acceptors (Lipinski definition) is 7. The molecule has 0 radical (unpaired) electrons. The Kier molecular flexibility index (Phi) is 5.52. The van der Waals surface area contributed by atoms with E-state index in [-0.39, 0.29) is 27.3 Å². The highest BCUT2D eigenvalue weighted by Crippen LogP contribution is 2.26. The Bertz CT molecular complexity index is 963. The molecule has 0 aliphatic rings. The second-order valence-electron chi connectivity index (χ2n) is 5.87. The number of aromatic nitrogens is 2. The van der Waals surface area contributed by atoms with Crippen molar-refractivity contribution in [3.05, 3.63) is 35.1 Å². The highest BCUT2D eigenvalue weighted by molar-refractivity contribution is 7.90. The van der Waals surface area contributed by atoms with Crippen LogP contribution >= 0.6 is 11.6 Å². The summed E-state index contributed by atoms with van der Waals surface area (Å²) in [7, 11) is -2.53. The molecule has 1 aromatic carbocycles. The Balaban J connectivity index is 2.59. The molecule has 140 valence electrons. The molecule has 0 aliphatic carbocycles. The van der Waals surface area contributed by atoms with Gasteiger partial charge in [0.2, 0.25) is 11.5 Å². The van der Waals surface area contributed by atoms with Crippen molar-refractivity contribution in [3.8, 4) is 17.3 Å². The molecule has 0 atom stereocenters. The second-order valence-corrected chi connectivity index (χ2v) is 8.24. The number of sulfone groups is 1. The van der Waals surface area contributed by atoms with E-state index in [0.29, 0.717) is 0 Å². The Morgan fingerprint density at radius 2 is 1.88 bits per heavy atom. The molecule has 0 bridgehead atoms. The molecule has 0 amide bonds. The molecule has 0 saturated carbocycles. The third-order valence-corrected chi connectivity index (χ3v) is 4.55. The molecule has 0 fully saturated rings. The number of rotatable bonds is 5. The van der Waals surface area contributed by atoms with E-state index in [1.165, 1.54) is 33.1 Å². The van der Waals surface area contributed by atoms with Gasteiger partial charge in [0.25, 0.3) is 0 Å². The number of hydrogen-bond donors (Lipinski definition) is 0. The van der Waals surface area contributed by atoms with Crippen molar-refractivity contribution in [2.24, 2.45) is 0 Å². The second kappa shape index (κ2) is 7.16. The largest absolute Gasteiger partial charge is 0.466 e. The molecule has 0 aliphatic heterocycles. The van der Waals surface area contributed by atoms with Crippen LogP contribution in [0.1, 0.15) is 13.8 Å². The zero-order valence-electron chi connectivity index (χ0n) is 14.4. The van der Waals surface area contributed by atoms with Crippen LogP contribution in [-0.2, 0) is 19.4 Å². The minimum Gasteiger partial charge on any atom is -0.466 e. The van der Waals surface area contributed by atoms with E-state index < -0.39 is 27.2 Å². The third-order valence-electron chi connectivity index (χ3n) is 3.27. The van der Waals surface area contributed by atoms with Gasteiger partial charge in [0.1, 0.15) is 5.82 Å². The van der Waals surface area contributed by atoms with E-state index in [0.717, 1.165) is 18.4 Å². The summed E-state index contributed by atoms with van der Waals surface area (Å²) in [5.74, 6) is -1.67. The minimum atomic E-state index is -3.72. The van der Waals surface area contributed by atoms with Crippen molar-refractivity contribution < 1.29 is 27.1 Å². The fraction of sp³-hybridized carbons (Fsp3) is 0.312. The molecular weight excluding hydrogens is 387 g/mol. The van der Waals surface area contributed by atoms with Crippen molar-refractivity contribution in [3.63, 3.8) is 0 Å². The molecule has 1 heterocycles. The Morgan fingerprint density at radius 1 is 1.23 bits per heavy atom. The number of esters is 1. The van der Waals surface area contributed by atoms with Crippen molar-refractivity contribution >= 4 is 27.4 Å². The third kappa shape index (κ3) is 4.47. The van der Waals surface area contributed by atoms with Crippen LogP contribution in [0.3, 0.4) is 0 Å². The van der Waals surface area contributed by atoms with E-state index in [2.05, 4.69) is 14.7 Å². The quantitative estimate of drug-likeness (QED) is 0.560. The van der Waals surface area contributed by atoms with Crippen molar-refractivity contribution in [2.45, 2.75) is 24.5 Å². The van der Waals surface area contributed by atoms with Crippen LogP contribution in [-0.4, -0.2) is 43.3 Å². The molecular formula is C16H16ClFN2O5S. The molecule has 7 nitrogen and oxygen atoms in total. The maximum absolute atomic E-state index is 13.7. The fourth-order valence-corrected chi connectivity index (χ4v) is 2.64. The standard InChI is InChI=1S/C16H16ClFN2O5S/c1-16(2,15(21)24-3)25-12-8-13(26(4,22)23)20-14(19-12)9-5-6-10(17)11(18)7-9/h5-8H,1-4H3. The fourth-order valence-electron chi connectivity index (χ4n) is 1.96. The van der Waals surface area contributed by atoms with Gasteiger partial charge in [-0.05, 0) is 32.0 Å². The molecule has 0 spiro atoms. The lowest BCUT2D eigenvalue weighted by molar-refractivity contribution is -0.156. The molecule has 2 rings (SSSR count).